The van der Waals surface area contributed by atoms with Crippen molar-refractivity contribution in [2.75, 3.05) is 6.61 Å². The third-order valence-corrected chi connectivity index (χ3v) is 5.96. The van der Waals surface area contributed by atoms with Crippen LogP contribution in [0.5, 0.6) is 0 Å². The van der Waals surface area contributed by atoms with E-state index in [4.69, 9.17) is 23.7 Å². The van der Waals surface area contributed by atoms with E-state index >= 15 is 0 Å². The molecule has 3 aromatic carbocycles. The number of benzene rings is 3. The molecule has 5 nitrogen and oxygen atoms in total. The number of hydrogen-bond donors (Lipinski definition) is 0. The van der Waals surface area contributed by atoms with Gasteiger partial charge in [-0.05, 0) is 23.6 Å². The number of hydrogen-bond acceptors (Lipinski definition) is 5. The van der Waals surface area contributed by atoms with E-state index < -0.39 is 18.5 Å². The Morgan fingerprint density at radius 2 is 1.06 bits per heavy atom. The Balaban J connectivity index is 1.56. The van der Waals surface area contributed by atoms with Crippen LogP contribution in [0.15, 0.2) is 104 Å². The average Bonchev–Trinajstić information content (AvgIpc) is 2.91. The van der Waals surface area contributed by atoms with Crippen LogP contribution < -0.4 is 0 Å². The summed E-state index contributed by atoms with van der Waals surface area (Å²) in [5.41, 5.74) is 3.24. The first-order chi connectivity index (χ1) is 17.2. The van der Waals surface area contributed by atoms with Gasteiger partial charge >= 0.3 is 0 Å². The fraction of sp³-hybridized carbons (Fsp3) is 0.333. The van der Waals surface area contributed by atoms with E-state index in [2.05, 4.69) is 6.58 Å². The summed E-state index contributed by atoms with van der Waals surface area (Å²) < 4.78 is 31.6. The maximum Gasteiger partial charge on any atom is 0.187 e. The van der Waals surface area contributed by atoms with Crippen LogP contribution in [0.3, 0.4) is 0 Å². The number of rotatable bonds is 12. The highest BCUT2D eigenvalue weighted by Crippen LogP contribution is 2.31. The highest BCUT2D eigenvalue weighted by atomic mass is 16.7. The highest BCUT2D eigenvalue weighted by molar-refractivity contribution is 5.15. The van der Waals surface area contributed by atoms with Gasteiger partial charge in [0.2, 0.25) is 0 Å². The first kappa shape index (κ1) is 25.3. The molecule has 3 aromatic rings. The predicted octanol–water partition coefficient (Wildman–Crippen LogP) is 5.69. The molecule has 4 rings (SSSR count). The molecule has 1 heterocycles. The maximum atomic E-state index is 6.52. The molecule has 0 amide bonds. The van der Waals surface area contributed by atoms with Crippen molar-refractivity contribution in [3.63, 3.8) is 0 Å². The molecular formula is C30H34O5. The molecule has 0 aliphatic carbocycles. The summed E-state index contributed by atoms with van der Waals surface area (Å²) >= 11 is 0. The minimum Gasteiger partial charge on any atom is -0.368 e. The van der Waals surface area contributed by atoms with E-state index in [-0.39, 0.29) is 12.2 Å². The van der Waals surface area contributed by atoms with Crippen LogP contribution in [0, 0.1) is 0 Å². The second-order valence-electron chi connectivity index (χ2n) is 8.62. The largest absolute Gasteiger partial charge is 0.368 e. The van der Waals surface area contributed by atoms with Crippen LogP contribution in [0.1, 0.15) is 23.6 Å². The Kier molecular flexibility index (Phi) is 9.64. The molecular weight excluding hydrogens is 440 g/mol. The Morgan fingerprint density at radius 3 is 1.51 bits per heavy atom. The first-order valence-electron chi connectivity index (χ1n) is 12.1. The van der Waals surface area contributed by atoms with Crippen LogP contribution in [0.2, 0.25) is 0 Å². The fourth-order valence-corrected chi connectivity index (χ4v) is 4.17. The molecule has 0 saturated carbocycles. The highest BCUT2D eigenvalue weighted by Gasteiger charge is 2.47. The molecule has 0 spiro atoms. The fourth-order valence-electron chi connectivity index (χ4n) is 4.17. The lowest BCUT2D eigenvalue weighted by Crippen LogP contribution is -2.60. The summed E-state index contributed by atoms with van der Waals surface area (Å²) in [5.74, 6) is 0. The van der Waals surface area contributed by atoms with Crippen LogP contribution in [-0.2, 0) is 43.5 Å². The molecule has 1 fully saturated rings. The van der Waals surface area contributed by atoms with Gasteiger partial charge < -0.3 is 23.7 Å². The van der Waals surface area contributed by atoms with Crippen molar-refractivity contribution >= 4 is 0 Å². The maximum absolute atomic E-state index is 6.52. The second-order valence-corrected chi connectivity index (χ2v) is 8.62. The van der Waals surface area contributed by atoms with E-state index in [1.165, 1.54) is 0 Å². The van der Waals surface area contributed by atoms with Crippen molar-refractivity contribution in [3.05, 3.63) is 120 Å². The molecule has 5 heteroatoms. The topological polar surface area (TPSA) is 46.2 Å². The van der Waals surface area contributed by atoms with E-state index in [1.54, 1.807) is 6.08 Å². The molecule has 5 atom stereocenters. The summed E-state index contributed by atoms with van der Waals surface area (Å²) in [5, 5.41) is 0. The van der Waals surface area contributed by atoms with Gasteiger partial charge in [-0.25, -0.2) is 0 Å². The lowest BCUT2D eigenvalue weighted by atomic mass is 9.98. The van der Waals surface area contributed by atoms with Crippen molar-refractivity contribution in [1.82, 2.24) is 0 Å². The molecule has 0 N–H and O–H groups in total. The van der Waals surface area contributed by atoms with Gasteiger partial charge in [0.1, 0.15) is 18.3 Å². The summed E-state index contributed by atoms with van der Waals surface area (Å²) in [4.78, 5) is 0. The van der Waals surface area contributed by atoms with Crippen LogP contribution in [0.25, 0.3) is 0 Å². The lowest BCUT2D eigenvalue weighted by molar-refractivity contribution is -0.318. The third kappa shape index (κ3) is 7.34. The minimum absolute atomic E-state index is 0.258. The quantitative estimate of drug-likeness (QED) is 0.316. The zero-order chi connectivity index (χ0) is 24.3. The molecule has 184 valence electrons. The molecule has 0 aromatic heterocycles. The van der Waals surface area contributed by atoms with Gasteiger partial charge in [-0.2, -0.15) is 0 Å². The van der Waals surface area contributed by atoms with Gasteiger partial charge in [-0.1, -0.05) is 97.1 Å². The number of ether oxygens (including phenoxy) is 5. The van der Waals surface area contributed by atoms with E-state index in [9.17, 15) is 0 Å². The van der Waals surface area contributed by atoms with Crippen molar-refractivity contribution in [3.8, 4) is 0 Å². The van der Waals surface area contributed by atoms with E-state index in [0.717, 1.165) is 16.7 Å². The normalized spacial score (nSPS) is 24.2. The molecule has 0 unspecified atom stereocenters. The summed E-state index contributed by atoms with van der Waals surface area (Å²) in [6.45, 7) is 7.42. The Hall–Kier alpha value is -2.80. The Morgan fingerprint density at radius 1 is 0.629 bits per heavy atom. The van der Waals surface area contributed by atoms with Crippen LogP contribution >= 0.6 is 0 Å². The van der Waals surface area contributed by atoms with E-state index in [0.29, 0.717) is 26.4 Å². The van der Waals surface area contributed by atoms with Crippen LogP contribution in [-0.4, -0.2) is 37.3 Å². The van der Waals surface area contributed by atoms with Gasteiger partial charge in [0, 0.05) is 0 Å². The molecule has 1 aliphatic rings. The monoisotopic (exact) mass is 474 g/mol. The summed E-state index contributed by atoms with van der Waals surface area (Å²) in [6, 6.07) is 30.3. The van der Waals surface area contributed by atoms with Gasteiger partial charge in [0.05, 0.1) is 32.5 Å². The molecule has 0 bridgehead atoms. The average molecular weight is 475 g/mol. The summed E-state index contributed by atoms with van der Waals surface area (Å²) in [6.07, 6.45) is -0.393. The Bertz CT molecular complexity index is 995. The minimum atomic E-state index is -0.607. The van der Waals surface area contributed by atoms with Gasteiger partial charge in [-0.15, -0.1) is 6.58 Å². The zero-order valence-electron chi connectivity index (χ0n) is 20.2. The molecule has 0 radical (unpaired) electrons. The van der Waals surface area contributed by atoms with Crippen molar-refractivity contribution in [2.45, 2.75) is 57.5 Å². The third-order valence-electron chi connectivity index (χ3n) is 5.96. The smallest absolute Gasteiger partial charge is 0.187 e. The molecule has 1 aliphatic heterocycles. The van der Waals surface area contributed by atoms with Gasteiger partial charge in [-0.3, -0.25) is 0 Å². The molecule has 1 saturated heterocycles. The molecule has 35 heavy (non-hydrogen) atoms. The lowest BCUT2D eigenvalue weighted by Gasteiger charge is -2.45. The van der Waals surface area contributed by atoms with Crippen molar-refractivity contribution < 1.29 is 23.7 Å². The second kappa shape index (κ2) is 13.3. The van der Waals surface area contributed by atoms with E-state index in [1.807, 2.05) is 97.9 Å². The van der Waals surface area contributed by atoms with Crippen LogP contribution in [0.4, 0.5) is 0 Å². The first-order valence-corrected chi connectivity index (χ1v) is 12.1. The van der Waals surface area contributed by atoms with Crippen molar-refractivity contribution in [2.24, 2.45) is 0 Å². The van der Waals surface area contributed by atoms with Gasteiger partial charge in [0.25, 0.3) is 0 Å². The predicted molar refractivity (Wildman–Crippen MR) is 136 cm³/mol. The Labute approximate surface area is 208 Å². The summed E-state index contributed by atoms with van der Waals surface area (Å²) in [7, 11) is 0. The van der Waals surface area contributed by atoms with Gasteiger partial charge in [0.15, 0.2) is 6.29 Å². The standard InChI is InChI=1S/C30H34O5/c1-3-19-31-30-29(34-22-26-17-11-6-12-18-26)28(33-21-25-15-9-5-10-16-25)27(23(2)35-30)32-20-24-13-7-4-8-14-24/h3-18,23,27-30H,1,19-22H2,2H3/t23-,27+,28+,29-,30+/m0/s1. The van der Waals surface area contributed by atoms with Crippen molar-refractivity contribution in [1.29, 1.82) is 0 Å². The SMILES string of the molecule is C=CCO[C@@H]1O[C@@H](C)[C@@H](OCc2ccccc2)[C@@H](OCc2ccccc2)[C@@H]1OCc1ccccc1. The zero-order valence-corrected chi connectivity index (χ0v) is 20.2.